The zero-order valence-corrected chi connectivity index (χ0v) is 46.3. The van der Waals surface area contributed by atoms with Crippen molar-refractivity contribution >= 4 is 110 Å². The number of rotatable bonds is 10. The molecule has 16 rings (SSSR count). The number of benzene rings is 10. The lowest BCUT2D eigenvalue weighted by Crippen LogP contribution is -2.14. The molecule has 2 aromatic heterocycles. The highest BCUT2D eigenvalue weighted by Gasteiger charge is 2.32. The highest BCUT2D eigenvalue weighted by atomic mass is 16.3. The van der Waals surface area contributed by atoms with E-state index < -0.39 is 0 Å². The van der Waals surface area contributed by atoms with Crippen LogP contribution in [0.2, 0.25) is 0 Å². The van der Waals surface area contributed by atoms with Crippen LogP contribution in [0, 0.1) is 0 Å². The van der Waals surface area contributed by atoms with E-state index in [0.717, 1.165) is 45.1 Å². The maximum atomic E-state index is 7.40. The van der Waals surface area contributed by atoms with Gasteiger partial charge >= 0.3 is 0 Å². The zero-order chi connectivity index (χ0) is 52.7. The summed E-state index contributed by atoms with van der Waals surface area (Å²) in [5, 5.41) is 13.0. The number of furan rings is 2. The lowest BCUT2D eigenvalue weighted by Gasteiger charge is -2.33. The van der Waals surface area contributed by atoms with E-state index in [0.29, 0.717) is 23.7 Å². The Balaban J connectivity index is 0.986. The maximum Gasteiger partial charge on any atom is 0.159 e. The summed E-state index contributed by atoms with van der Waals surface area (Å²) < 4.78 is 14.8. The predicted octanol–water partition coefficient (Wildman–Crippen LogP) is 23.5. The Labute approximate surface area is 470 Å². The van der Waals surface area contributed by atoms with Gasteiger partial charge in [-0.3, -0.25) is 0 Å². The third kappa shape index (κ3) is 7.97. The van der Waals surface area contributed by atoms with Gasteiger partial charge in [0.2, 0.25) is 0 Å². The van der Waals surface area contributed by atoms with Crippen LogP contribution in [-0.2, 0) is 0 Å². The number of hydrogen-bond acceptors (Lipinski definition) is 4. The molecule has 0 aliphatic heterocycles. The van der Waals surface area contributed by atoms with Crippen molar-refractivity contribution in [3.8, 4) is 0 Å². The summed E-state index contributed by atoms with van der Waals surface area (Å²) in [4.78, 5) is 5.15. The largest absolute Gasteiger partial charge is 0.454 e. The molecule has 4 aliphatic rings. The Morgan fingerprint density at radius 2 is 0.575 bits per heavy atom. The van der Waals surface area contributed by atoms with Crippen LogP contribution in [0.25, 0.3) is 76.2 Å². The Morgan fingerprint density at radius 1 is 0.250 bits per heavy atom. The molecular weight excluding hydrogens is 973 g/mol. The summed E-state index contributed by atoms with van der Waals surface area (Å²) >= 11 is 0. The van der Waals surface area contributed by atoms with Crippen LogP contribution in [0.3, 0.4) is 0 Å². The van der Waals surface area contributed by atoms with E-state index in [2.05, 4.69) is 180 Å². The second kappa shape index (κ2) is 20.2. The van der Waals surface area contributed by atoms with Gasteiger partial charge in [0.05, 0.1) is 22.7 Å². The molecule has 4 heteroatoms. The first-order valence-electron chi connectivity index (χ1n) is 31.1. The highest BCUT2D eigenvalue weighted by molar-refractivity contribution is 6.30. The molecule has 0 saturated heterocycles. The van der Waals surface area contributed by atoms with Crippen molar-refractivity contribution in [2.24, 2.45) is 0 Å². The summed E-state index contributed by atoms with van der Waals surface area (Å²) in [6.45, 7) is 0. The summed E-state index contributed by atoms with van der Waals surface area (Å²) in [5.41, 5.74) is 16.7. The van der Waals surface area contributed by atoms with E-state index in [-0.39, 0.29) is 0 Å². The van der Waals surface area contributed by atoms with Crippen LogP contribution < -0.4 is 9.80 Å². The Hall–Kier alpha value is -7.56. The van der Waals surface area contributed by atoms with Crippen LogP contribution in [0.15, 0.2) is 179 Å². The molecule has 4 aliphatic carbocycles. The van der Waals surface area contributed by atoms with Gasteiger partial charge in [-0.1, -0.05) is 198 Å². The lowest BCUT2D eigenvalue weighted by molar-refractivity contribution is 0.442. The van der Waals surface area contributed by atoms with E-state index in [4.69, 9.17) is 8.83 Å². The molecule has 0 amide bonds. The molecule has 4 saturated carbocycles. The molecule has 10 aromatic carbocycles. The van der Waals surface area contributed by atoms with E-state index >= 15 is 0 Å². The topological polar surface area (TPSA) is 32.8 Å². The van der Waals surface area contributed by atoms with Crippen molar-refractivity contribution < 1.29 is 8.83 Å². The molecule has 398 valence electrons. The average Bonchev–Trinajstić information content (AvgIpc) is 3.74. The molecule has 0 radical (unpaired) electrons. The SMILES string of the molecule is c1ccc(N(c2cc(C3CCCCC3)c3ccc4c(N(c5ccccc5)c5cccc6c5oc5c(C7CCCCC7)cccc56)cc(C5CCCCC5)c5ccc2c3c54)c2cccc3c2oc2c(C4CCCCC4)cccc23)cc1. The van der Waals surface area contributed by atoms with Crippen LogP contribution in [0.4, 0.5) is 34.1 Å². The van der Waals surface area contributed by atoms with E-state index in [9.17, 15) is 0 Å². The van der Waals surface area contributed by atoms with Crippen molar-refractivity contribution in [1.29, 1.82) is 0 Å². The van der Waals surface area contributed by atoms with Gasteiger partial charge in [0.25, 0.3) is 0 Å². The van der Waals surface area contributed by atoms with Gasteiger partial charge < -0.3 is 18.6 Å². The third-order valence-electron chi connectivity index (χ3n) is 20.2. The van der Waals surface area contributed by atoms with Gasteiger partial charge in [-0.05, 0) is 167 Å². The van der Waals surface area contributed by atoms with E-state index in [1.54, 1.807) is 0 Å². The predicted molar refractivity (Wildman–Crippen MR) is 337 cm³/mol. The molecule has 4 nitrogen and oxygen atoms in total. The quantitative estimate of drug-likeness (QED) is 0.128. The number of hydrogen-bond donors (Lipinski definition) is 0. The summed E-state index contributed by atoms with van der Waals surface area (Å²) in [6, 6.07) is 65.4. The number of nitrogens with zero attached hydrogens (tertiary/aromatic N) is 2. The molecule has 4 fully saturated rings. The van der Waals surface area contributed by atoms with Gasteiger partial charge in [-0.15, -0.1) is 0 Å². The summed E-state index contributed by atoms with van der Waals surface area (Å²) in [7, 11) is 0. The molecule has 12 aromatic rings. The number of fused-ring (bicyclic) bond motifs is 6. The lowest BCUT2D eigenvalue weighted by atomic mass is 9.77. The summed E-state index contributed by atoms with van der Waals surface area (Å²) in [6.07, 6.45) is 25.3. The fraction of sp³-hybridized carbons (Fsp3) is 0.316. The second-order valence-electron chi connectivity index (χ2n) is 24.7. The van der Waals surface area contributed by atoms with Crippen molar-refractivity contribution in [3.05, 3.63) is 192 Å². The fourth-order valence-electron chi connectivity index (χ4n) is 16.3. The molecule has 0 N–H and O–H groups in total. The van der Waals surface area contributed by atoms with Crippen molar-refractivity contribution in [1.82, 2.24) is 0 Å². The molecule has 0 atom stereocenters. The third-order valence-corrected chi connectivity index (χ3v) is 20.2. The highest BCUT2D eigenvalue weighted by Crippen LogP contribution is 2.55. The van der Waals surface area contributed by atoms with Gasteiger partial charge in [0, 0.05) is 43.7 Å². The number of para-hydroxylation sites is 6. The minimum Gasteiger partial charge on any atom is -0.454 e. The average molecular weight is 1050 g/mol. The molecule has 0 unspecified atom stereocenters. The normalized spacial score (nSPS) is 17.6. The fourth-order valence-corrected chi connectivity index (χ4v) is 16.3. The van der Waals surface area contributed by atoms with Gasteiger partial charge in [-0.2, -0.15) is 0 Å². The van der Waals surface area contributed by atoms with Crippen LogP contribution >= 0.6 is 0 Å². The van der Waals surface area contributed by atoms with Crippen LogP contribution in [0.5, 0.6) is 0 Å². The monoisotopic (exact) mass is 1040 g/mol. The Morgan fingerprint density at radius 3 is 0.950 bits per heavy atom. The van der Waals surface area contributed by atoms with Crippen LogP contribution in [-0.4, -0.2) is 0 Å². The van der Waals surface area contributed by atoms with Gasteiger partial charge in [0.15, 0.2) is 11.2 Å². The molecule has 2 heterocycles. The molecule has 80 heavy (non-hydrogen) atoms. The van der Waals surface area contributed by atoms with E-state index in [1.807, 2.05) is 0 Å². The first-order chi connectivity index (χ1) is 39.7. The Kier molecular flexibility index (Phi) is 12.2. The summed E-state index contributed by atoms with van der Waals surface area (Å²) in [5.74, 6) is 1.99. The maximum absolute atomic E-state index is 7.40. The minimum absolute atomic E-state index is 0.465. The smallest absolute Gasteiger partial charge is 0.159 e. The van der Waals surface area contributed by atoms with Crippen molar-refractivity contribution in [3.63, 3.8) is 0 Å². The zero-order valence-electron chi connectivity index (χ0n) is 46.3. The molecule has 0 bridgehead atoms. The number of anilines is 6. The van der Waals surface area contributed by atoms with E-state index in [1.165, 1.54) is 216 Å². The van der Waals surface area contributed by atoms with Gasteiger partial charge in [0.1, 0.15) is 11.2 Å². The van der Waals surface area contributed by atoms with Crippen molar-refractivity contribution in [2.75, 3.05) is 9.80 Å². The molecule has 0 spiro atoms. The van der Waals surface area contributed by atoms with Crippen molar-refractivity contribution in [2.45, 2.75) is 152 Å². The van der Waals surface area contributed by atoms with Crippen LogP contribution in [0.1, 0.15) is 174 Å². The minimum atomic E-state index is 0.465. The standard InChI is InChI=1S/C76H72N2O2/c1-7-23-49(24-8-1)55-35-19-37-59-61-39-21-41-67(75(61)79-73(55)59)77(53-31-15-5-16-32-53)69-47-65(51-27-11-3-12-28-51)57-44-46-64-70(48-66(52-29-13-4-14-30-52)58-43-45-63(69)71(57)72(58)64)78(54-33-17-6-18-34-54)68-42-22-40-62-60-38-20-36-56(74(60)80-76(62)68)50-25-9-2-10-26-50/h5-6,15-22,31-52H,1-4,7-14,23-30H2. The first-order valence-corrected chi connectivity index (χ1v) is 31.1. The Bertz CT molecular complexity index is 3960. The van der Waals surface area contributed by atoms with Gasteiger partial charge in [-0.25, -0.2) is 0 Å². The molecular formula is C76H72N2O2. The first kappa shape index (κ1) is 48.4. The second-order valence-corrected chi connectivity index (χ2v) is 24.7.